The Morgan fingerprint density at radius 1 is 1.32 bits per heavy atom. The highest BCUT2D eigenvalue weighted by Crippen LogP contribution is 2.60. The molecular weight excluding hydrogens is 366 g/mol. The highest BCUT2D eigenvalue weighted by Gasteiger charge is 2.59. The number of hydrogen-bond donors (Lipinski definition) is 2. The number of aromatic nitrogens is 4. The Balaban J connectivity index is 1.58. The van der Waals surface area contributed by atoms with Gasteiger partial charge < -0.3 is 10.3 Å². The van der Waals surface area contributed by atoms with Crippen LogP contribution >= 0.6 is 11.3 Å². The minimum absolute atomic E-state index is 0.416. The second-order valence-electron chi connectivity index (χ2n) is 8.96. The second-order valence-corrected chi connectivity index (χ2v) is 9.98. The van der Waals surface area contributed by atoms with Crippen LogP contribution in [0.25, 0.3) is 27.1 Å². The lowest BCUT2D eigenvalue weighted by Gasteiger charge is -2.13. The number of rotatable bonds is 3. The van der Waals surface area contributed by atoms with Crippen LogP contribution in [0.5, 0.6) is 0 Å². The van der Waals surface area contributed by atoms with Gasteiger partial charge in [0.1, 0.15) is 11.2 Å². The standard InChI is InChI=1S/C22H25N5S/c1-11(2)16-17-13(4)19(22-6-15(22)7-23-9-22)28-21(17)26-18(16)14-5-12(3)20-24-10-25-27(20)8-14/h5,8,10-11,15,23,26H,6-7,9H2,1-4H3. The maximum Gasteiger partial charge on any atom is 0.158 e. The fourth-order valence-corrected chi connectivity index (χ4v) is 6.94. The highest BCUT2D eigenvalue weighted by molar-refractivity contribution is 7.19. The first kappa shape index (κ1) is 16.7. The fraction of sp³-hybridized carbons (Fsp3) is 0.455. The molecule has 1 saturated carbocycles. The van der Waals surface area contributed by atoms with Crippen molar-refractivity contribution in [3.05, 3.63) is 40.2 Å². The van der Waals surface area contributed by atoms with E-state index in [-0.39, 0.29) is 0 Å². The van der Waals surface area contributed by atoms with Crippen molar-refractivity contribution in [2.45, 2.75) is 45.4 Å². The lowest BCUT2D eigenvalue weighted by molar-refractivity contribution is 0.683. The summed E-state index contributed by atoms with van der Waals surface area (Å²) in [7, 11) is 0. The number of aryl methyl sites for hydroxylation is 2. The molecule has 144 valence electrons. The van der Waals surface area contributed by atoms with Crippen molar-refractivity contribution in [1.29, 1.82) is 0 Å². The van der Waals surface area contributed by atoms with Gasteiger partial charge in [0.05, 0.1) is 5.69 Å². The average molecular weight is 392 g/mol. The normalized spacial score (nSPS) is 24.0. The summed E-state index contributed by atoms with van der Waals surface area (Å²) in [6.45, 7) is 11.4. The Morgan fingerprint density at radius 3 is 2.89 bits per heavy atom. The van der Waals surface area contributed by atoms with Gasteiger partial charge in [0.25, 0.3) is 0 Å². The first-order chi connectivity index (χ1) is 13.5. The lowest BCUT2D eigenvalue weighted by atomic mass is 9.93. The van der Waals surface area contributed by atoms with E-state index < -0.39 is 0 Å². The van der Waals surface area contributed by atoms with E-state index in [1.165, 1.54) is 45.6 Å². The molecule has 1 aliphatic carbocycles. The molecule has 0 amide bonds. The first-order valence-corrected chi connectivity index (χ1v) is 11.0. The summed E-state index contributed by atoms with van der Waals surface area (Å²) in [6.07, 6.45) is 5.08. The maximum atomic E-state index is 4.37. The third kappa shape index (κ3) is 2.05. The Hall–Kier alpha value is -2.18. The number of H-pyrrole nitrogens is 1. The van der Waals surface area contributed by atoms with Crippen molar-refractivity contribution in [3.8, 4) is 11.3 Å². The van der Waals surface area contributed by atoms with Crippen molar-refractivity contribution in [2.24, 2.45) is 5.92 Å². The van der Waals surface area contributed by atoms with E-state index in [0.29, 0.717) is 11.3 Å². The molecule has 1 aliphatic heterocycles. The predicted molar refractivity (Wildman–Crippen MR) is 114 cm³/mol. The van der Waals surface area contributed by atoms with Crippen LogP contribution in [-0.4, -0.2) is 32.7 Å². The van der Waals surface area contributed by atoms with Gasteiger partial charge in [-0.2, -0.15) is 5.10 Å². The number of fused-ring (bicyclic) bond motifs is 3. The molecule has 2 aliphatic rings. The maximum absolute atomic E-state index is 4.37. The van der Waals surface area contributed by atoms with Crippen LogP contribution in [0.4, 0.5) is 0 Å². The largest absolute Gasteiger partial charge is 0.346 e. The summed E-state index contributed by atoms with van der Waals surface area (Å²) in [6, 6.07) is 2.23. The molecule has 6 rings (SSSR count). The van der Waals surface area contributed by atoms with Crippen LogP contribution in [0.2, 0.25) is 0 Å². The third-order valence-electron chi connectivity index (χ3n) is 6.86. The monoisotopic (exact) mass is 391 g/mol. The molecule has 4 aromatic rings. The van der Waals surface area contributed by atoms with Crippen LogP contribution < -0.4 is 5.32 Å². The van der Waals surface area contributed by atoms with Gasteiger partial charge in [-0.3, -0.25) is 0 Å². The van der Waals surface area contributed by atoms with Crippen LogP contribution in [-0.2, 0) is 5.41 Å². The van der Waals surface area contributed by atoms with Gasteiger partial charge in [-0.1, -0.05) is 13.8 Å². The molecule has 0 bridgehead atoms. The molecule has 2 atom stereocenters. The van der Waals surface area contributed by atoms with E-state index >= 15 is 0 Å². The first-order valence-electron chi connectivity index (χ1n) is 10.2. The molecule has 28 heavy (non-hydrogen) atoms. The minimum Gasteiger partial charge on any atom is -0.346 e. The highest BCUT2D eigenvalue weighted by atomic mass is 32.1. The van der Waals surface area contributed by atoms with Crippen LogP contribution in [0.15, 0.2) is 18.6 Å². The van der Waals surface area contributed by atoms with Gasteiger partial charge >= 0.3 is 0 Å². The van der Waals surface area contributed by atoms with Gasteiger partial charge in [-0.25, -0.2) is 9.50 Å². The molecule has 6 heteroatoms. The zero-order chi connectivity index (χ0) is 19.2. The Labute approximate surface area is 168 Å². The topological polar surface area (TPSA) is 58.0 Å². The summed E-state index contributed by atoms with van der Waals surface area (Å²) in [5.41, 5.74) is 7.85. The summed E-state index contributed by atoms with van der Waals surface area (Å²) in [5, 5.41) is 9.42. The van der Waals surface area contributed by atoms with Crippen molar-refractivity contribution in [3.63, 3.8) is 0 Å². The van der Waals surface area contributed by atoms with Gasteiger partial charge in [0, 0.05) is 34.0 Å². The molecule has 2 fully saturated rings. The molecule has 5 nitrogen and oxygen atoms in total. The summed E-state index contributed by atoms with van der Waals surface area (Å²) in [4.78, 5) is 11.1. The van der Waals surface area contributed by atoms with E-state index in [9.17, 15) is 0 Å². The van der Waals surface area contributed by atoms with Crippen molar-refractivity contribution >= 4 is 27.2 Å². The molecule has 4 aromatic heterocycles. The van der Waals surface area contributed by atoms with E-state index in [4.69, 9.17) is 0 Å². The zero-order valence-corrected chi connectivity index (χ0v) is 17.6. The third-order valence-corrected chi connectivity index (χ3v) is 8.29. The number of nitrogens with zero attached hydrogens (tertiary/aromatic N) is 3. The Morgan fingerprint density at radius 2 is 2.18 bits per heavy atom. The lowest BCUT2D eigenvalue weighted by Crippen LogP contribution is -2.18. The zero-order valence-electron chi connectivity index (χ0n) is 16.8. The predicted octanol–water partition coefficient (Wildman–Crippen LogP) is 4.54. The van der Waals surface area contributed by atoms with Gasteiger partial charge in [0.15, 0.2) is 5.65 Å². The quantitative estimate of drug-likeness (QED) is 0.539. The van der Waals surface area contributed by atoms with Crippen LogP contribution in [0.3, 0.4) is 0 Å². The number of piperidine rings is 1. The fourth-order valence-electron chi connectivity index (χ4n) is 5.43. The summed E-state index contributed by atoms with van der Waals surface area (Å²) in [5.74, 6) is 1.29. The van der Waals surface area contributed by atoms with Gasteiger partial charge in [-0.15, -0.1) is 11.3 Å². The van der Waals surface area contributed by atoms with Gasteiger partial charge in [0.2, 0.25) is 0 Å². The summed E-state index contributed by atoms with van der Waals surface area (Å²) >= 11 is 1.99. The molecule has 2 unspecified atom stereocenters. The van der Waals surface area contributed by atoms with Gasteiger partial charge in [-0.05, 0) is 61.4 Å². The van der Waals surface area contributed by atoms with E-state index in [2.05, 4.69) is 60.3 Å². The van der Waals surface area contributed by atoms with E-state index in [1.807, 2.05) is 15.9 Å². The average Bonchev–Trinajstić information content (AvgIpc) is 3.14. The molecular formula is C22H25N5S. The second kappa shape index (κ2) is 5.45. The van der Waals surface area contributed by atoms with Crippen LogP contribution in [0.1, 0.15) is 47.8 Å². The molecule has 1 saturated heterocycles. The summed E-state index contributed by atoms with van der Waals surface area (Å²) < 4.78 is 1.89. The van der Waals surface area contributed by atoms with Crippen molar-refractivity contribution in [1.82, 2.24) is 24.9 Å². The molecule has 0 aromatic carbocycles. The van der Waals surface area contributed by atoms with E-state index in [0.717, 1.165) is 23.7 Å². The van der Waals surface area contributed by atoms with E-state index in [1.54, 1.807) is 11.2 Å². The molecule has 0 spiro atoms. The molecule has 2 N–H and O–H groups in total. The van der Waals surface area contributed by atoms with Crippen molar-refractivity contribution in [2.75, 3.05) is 13.1 Å². The number of aromatic amines is 1. The number of thiophene rings is 1. The number of pyridine rings is 1. The Bertz CT molecular complexity index is 1240. The van der Waals surface area contributed by atoms with Crippen LogP contribution in [0, 0.1) is 19.8 Å². The van der Waals surface area contributed by atoms with Crippen molar-refractivity contribution < 1.29 is 0 Å². The molecule has 0 radical (unpaired) electrons. The molecule has 5 heterocycles. The number of nitrogens with one attached hydrogen (secondary N) is 2. The Kier molecular flexibility index (Phi) is 3.26. The minimum atomic E-state index is 0.416. The smallest absolute Gasteiger partial charge is 0.158 e. The SMILES string of the molecule is Cc1c(C23CNCC2C3)sc2[nH]c(-c3cc(C)c4ncnn4c3)c(C(C)C)c12. The number of hydrogen-bond acceptors (Lipinski definition) is 4.